The number of nitrogens with zero attached hydrogens (tertiary/aromatic N) is 1. The van der Waals surface area contributed by atoms with Crippen LogP contribution in [-0.2, 0) is 0 Å². The lowest BCUT2D eigenvalue weighted by Gasteiger charge is -1.93. The molecule has 1 aromatic heterocycles. The molecule has 1 N–H and O–H groups in total. The van der Waals surface area contributed by atoms with E-state index in [1.807, 2.05) is 29.6 Å². The maximum Gasteiger partial charge on any atom is 0.384 e. The first kappa shape index (κ1) is 11.4. The minimum atomic E-state index is -0.219. The molecule has 2 aromatic rings. The van der Waals surface area contributed by atoms with Crippen molar-refractivity contribution in [3.8, 4) is 0 Å². The number of halogens is 1. The second kappa shape index (κ2) is 5.31. The molecule has 1 amide bonds. The zero-order chi connectivity index (χ0) is 11.4. The van der Waals surface area contributed by atoms with Gasteiger partial charge in [-0.2, -0.15) is 0 Å². The van der Waals surface area contributed by atoms with Gasteiger partial charge in [-0.3, -0.25) is 0 Å². The molecule has 0 fully saturated rings. The quantitative estimate of drug-likeness (QED) is 0.730. The van der Waals surface area contributed by atoms with Gasteiger partial charge in [0.2, 0.25) is 0 Å². The zero-order valence-corrected chi connectivity index (χ0v) is 11.2. The molecule has 0 aliphatic rings. The van der Waals surface area contributed by atoms with Crippen molar-refractivity contribution in [1.29, 1.82) is 0 Å². The SMILES string of the molecule is O=C(N=c1[nH+]cccs1)c1ccccc1I. The second-order valence-corrected chi connectivity index (χ2v) is 5.02. The summed E-state index contributed by atoms with van der Waals surface area (Å²) in [5.41, 5.74) is 0.632. The third-order valence-corrected chi connectivity index (χ3v) is 3.53. The van der Waals surface area contributed by atoms with Gasteiger partial charge < -0.3 is 0 Å². The summed E-state index contributed by atoms with van der Waals surface area (Å²) in [5.74, 6) is -0.219. The Labute approximate surface area is 110 Å². The van der Waals surface area contributed by atoms with Crippen LogP contribution in [0.2, 0.25) is 0 Å². The van der Waals surface area contributed by atoms with Gasteiger partial charge in [0, 0.05) is 13.9 Å². The predicted octanol–water partition coefficient (Wildman–Crippen LogP) is 1.91. The van der Waals surface area contributed by atoms with Crippen LogP contribution in [0.25, 0.3) is 0 Å². The summed E-state index contributed by atoms with van der Waals surface area (Å²) in [6.45, 7) is 0. The largest absolute Gasteiger partial charge is 0.384 e. The Hall–Kier alpha value is -1.08. The van der Waals surface area contributed by atoms with E-state index in [1.54, 1.807) is 12.3 Å². The molecule has 5 heteroatoms. The molecule has 3 nitrogen and oxygen atoms in total. The van der Waals surface area contributed by atoms with Crippen LogP contribution in [0.15, 0.2) is 46.9 Å². The van der Waals surface area contributed by atoms with Gasteiger partial charge in [-0.25, -0.2) is 9.78 Å². The van der Waals surface area contributed by atoms with Gasteiger partial charge in [-0.1, -0.05) is 23.5 Å². The molecule has 0 atom stereocenters. The number of aromatic amines is 1. The first-order valence-electron chi connectivity index (χ1n) is 4.56. The number of benzene rings is 1. The molecule has 0 aliphatic heterocycles. The minimum Gasteiger partial charge on any atom is -0.236 e. The van der Waals surface area contributed by atoms with Crippen LogP contribution in [-0.4, -0.2) is 5.91 Å². The van der Waals surface area contributed by atoms with Crippen molar-refractivity contribution in [1.82, 2.24) is 0 Å². The Morgan fingerprint density at radius 2 is 2.12 bits per heavy atom. The van der Waals surface area contributed by atoms with Crippen molar-refractivity contribution in [3.63, 3.8) is 0 Å². The fourth-order valence-corrected chi connectivity index (χ4v) is 2.32. The van der Waals surface area contributed by atoms with Crippen LogP contribution in [0.1, 0.15) is 10.4 Å². The summed E-state index contributed by atoms with van der Waals surface area (Å²) in [5, 5.41) is 1.87. The highest BCUT2D eigenvalue weighted by atomic mass is 127. The minimum absolute atomic E-state index is 0.219. The Balaban J connectivity index is 2.39. The summed E-state index contributed by atoms with van der Waals surface area (Å²) in [6, 6.07) is 9.27. The third kappa shape index (κ3) is 2.73. The Bertz CT molecular complexity index is 562. The van der Waals surface area contributed by atoms with Crippen molar-refractivity contribution in [2.75, 3.05) is 0 Å². The monoisotopic (exact) mass is 343 g/mol. The molecule has 2 rings (SSSR count). The molecule has 1 heterocycles. The summed E-state index contributed by atoms with van der Waals surface area (Å²) < 4.78 is 0.912. The predicted molar refractivity (Wildman–Crippen MR) is 69.9 cm³/mol. The number of carbonyl (C=O) groups is 1. The molecule has 0 aliphatic carbocycles. The fourth-order valence-electron chi connectivity index (χ4n) is 1.14. The highest BCUT2D eigenvalue weighted by Crippen LogP contribution is 2.11. The molecule has 0 bridgehead atoms. The van der Waals surface area contributed by atoms with Gasteiger partial charge in [0.1, 0.15) is 0 Å². The summed E-state index contributed by atoms with van der Waals surface area (Å²) in [6.07, 6.45) is 1.75. The number of H-pyrrole nitrogens is 1. The van der Waals surface area contributed by atoms with Crippen molar-refractivity contribution < 1.29 is 9.78 Å². The first-order valence-corrected chi connectivity index (χ1v) is 6.52. The fraction of sp³-hybridized carbons (Fsp3) is 0. The highest BCUT2D eigenvalue weighted by molar-refractivity contribution is 14.1. The van der Waals surface area contributed by atoms with Gasteiger partial charge in [0.25, 0.3) is 0 Å². The van der Waals surface area contributed by atoms with E-state index in [9.17, 15) is 4.79 Å². The molecule has 80 valence electrons. The standard InChI is InChI=1S/C11H7IN2OS/c12-9-5-2-1-4-8(9)10(15)14-11-13-6-3-7-16-11/h1-7H/p+1. The topological polar surface area (TPSA) is 43.6 Å². The first-order chi connectivity index (χ1) is 7.77. The van der Waals surface area contributed by atoms with E-state index in [4.69, 9.17) is 0 Å². The maximum atomic E-state index is 11.9. The third-order valence-electron chi connectivity index (χ3n) is 1.87. The van der Waals surface area contributed by atoms with Crippen molar-refractivity contribution in [2.24, 2.45) is 4.99 Å². The lowest BCUT2D eigenvalue weighted by molar-refractivity contribution is -0.394. The summed E-state index contributed by atoms with van der Waals surface area (Å²) in [7, 11) is 0. The molecule has 0 radical (unpaired) electrons. The van der Waals surface area contributed by atoms with E-state index < -0.39 is 0 Å². The van der Waals surface area contributed by atoms with E-state index in [0.29, 0.717) is 10.4 Å². The maximum absolute atomic E-state index is 11.9. The van der Waals surface area contributed by atoms with Gasteiger partial charge in [0.15, 0.2) is 0 Å². The number of carbonyl (C=O) groups excluding carboxylic acids is 1. The molecule has 0 saturated carbocycles. The Morgan fingerprint density at radius 3 is 2.81 bits per heavy atom. The van der Waals surface area contributed by atoms with Crippen molar-refractivity contribution in [3.05, 3.63) is 55.8 Å². The normalized spacial score (nSPS) is 11.4. The van der Waals surface area contributed by atoms with Crippen LogP contribution in [0.3, 0.4) is 0 Å². The van der Waals surface area contributed by atoms with Crippen LogP contribution < -0.4 is 9.79 Å². The van der Waals surface area contributed by atoms with Crippen LogP contribution in [0.5, 0.6) is 0 Å². The molecule has 0 spiro atoms. The Morgan fingerprint density at radius 1 is 1.31 bits per heavy atom. The summed E-state index contributed by atoms with van der Waals surface area (Å²) in [4.78, 5) is 19.4. The van der Waals surface area contributed by atoms with E-state index in [1.165, 1.54) is 11.3 Å². The van der Waals surface area contributed by atoms with E-state index in [-0.39, 0.29) is 5.91 Å². The molecule has 1 aromatic carbocycles. The molecular weight excluding hydrogens is 335 g/mol. The van der Waals surface area contributed by atoms with Crippen LogP contribution in [0, 0.1) is 3.57 Å². The average Bonchev–Trinajstić information content (AvgIpc) is 2.31. The average molecular weight is 343 g/mol. The smallest absolute Gasteiger partial charge is 0.236 e. The number of nitrogens with one attached hydrogen (secondary N) is 1. The lowest BCUT2D eigenvalue weighted by atomic mass is 10.2. The van der Waals surface area contributed by atoms with Crippen LogP contribution >= 0.6 is 33.9 Å². The molecule has 16 heavy (non-hydrogen) atoms. The second-order valence-electron chi connectivity index (χ2n) is 2.96. The van der Waals surface area contributed by atoms with Gasteiger partial charge in [0.05, 0.1) is 11.8 Å². The Kier molecular flexibility index (Phi) is 3.79. The highest BCUT2D eigenvalue weighted by Gasteiger charge is 2.13. The molecule has 0 saturated heterocycles. The van der Waals surface area contributed by atoms with Crippen LogP contribution in [0.4, 0.5) is 0 Å². The van der Waals surface area contributed by atoms with E-state index >= 15 is 0 Å². The van der Waals surface area contributed by atoms with E-state index in [0.717, 1.165) is 3.57 Å². The summed E-state index contributed by atoms with van der Waals surface area (Å²) >= 11 is 3.53. The van der Waals surface area contributed by atoms with Crippen molar-refractivity contribution in [2.45, 2.75) is 0 Å². The number of amides is 1. The number of aromatic nitrogens is 1. The van der Waals surface area contributed by atoms with Gasteiger partial charge in [-0.05, 0) is 40.8 Å². The number of rotatable bonds is 1. The lowest BCUT2D eigenvalue weighted by Crippen LogP contribution is -2.25. The van der Waals surface area contributed by atoms with E-state index in [2.05, 4.69) is 32.6 Å². The van der Waals surface area contributed by atoms with Crippen molar-refractivity contribution >= 4 is 39.8 Å². The zero-order valence-electron chi connectivity index (χ0n) is 8.18. The number of hydrogen-bond acceptors (Lipinski definition) is 2. The molecular formula is C11H8IN2OS+. The van der Waals surface area contributed by atoms with Gasteiger partial charge in [-0.15, -0.1) is 0 Å². The van der Waals surface area contributed by atoms with Gasteiger partial charge >= 0.3 is 10.7 Å². The number of hydrogen-bond donors (Lipinski definition) is 0. The molecule has 0 unspecified atom stereocenters.